The SMILES string of the molecule is Cc1nn(C)c2nc(C(C)C)cc(C(=O)Nc3n[nH]c(C4CCCO4)n3)c12. The number of carbonyl (C=O) groups excluding carboxylic acids is 1. The predicted octanol–water partition coefficient (Wildman–Crippen LogP) is 2.62. The summed E-state index contributed by atoms with van der Waals surface area (Å²) in [6.07, 6.45) is 1.82. The number of fused-ring (bicyclic) bond motifs is 1. The van der Waals surface area contributed by atoms with Crippen molar-refractivity contribution in [3.63, 3.8) is 0 Å². The number of aryl methyl sites for hydroxylation is 2. The number of ether oxygens (including phenoxy) is 1. The number of amides is 1. The quantitative estimate of drug-likeness (QED) is 0.731. The molecular weight excluding hydrogens is 346 g/mol. The van der Waals surface area contributed by atoms with E-state index in [0.717, 1.165) is 36.2 Å². The van der Waals surface area contributed by atoms with Crippen molar-refractivity contribution < 1.29 is 9.53 Å². The minimum atomic E-state index is -0.279. The second-order valence-corrected chi connectivity index (χ2v) is 7.16. The Morgan fingerprint density at radius 2 is 2.22 bits per heavy atom. The first kappa shape index (κ1) is 17.6. The normalized spacial score (nSPS) is 17.1. The lowest BCUT2D eigenvalue weighted by atomic mass is 10.0. The van der Waals surface area contributed by atoms with Gasteiger partial charge in [0.25, 0.3) is 5.91 Å². The van der Waals surface area contributed by atoms with Gasteiger partial charge in [0, 0.05) is 19.3 Å². The molecule has 1 amide bonds. The molecule has 9 nitrogen and oxygen atoms in total. The summed E-state index contributed by atoms with van der Waals surface area (Å²) >= 11 is 0. The lowest BCUT2D eigenvalue weighted by Crippen LogP contribution is -2.15. The minimum absolute atomic E-state index is 0.0797. The molecular formula is C18H23N7O2. The van der Waals surface area contributed by atoms with Crippen LogP contribution in [-0.4, -0.2) is 42.5 Å². The fourth-order valence-corrected chi connectivity index (χ4v) is 3.38. The Bertz CT molecular complexity index is 999. The molecule has 142 valence electrons. The zero-order valence-corrected chi connectivity index (χ0v) is 15.9. The van der Waals surface area contributed by atoms with Crippen molar-refractivity contribution in [1.29, 1.82) is 0 Å². The van der Waals surface area contributed by atoms with Gasteiger partial charge in [0.15, 0.2) is 11.5 Å². The van der Waals surface area contributed by atoms with E-state index < -0.39 is 0 Å². The van der Waals surface area contributed by atoms with Gasteiger partial charge < -0.3 is 4.74 Å². The fourth-order valence-electron chi connectivity index (χ4n) is 3.38. The maximum absolute atomic E-state index is 13.0. The molecule has 4 rings (SSSR count). The summed E-state index contributed by atoms with van der Waals surface area (Å²) in [4.78, 5) is 22.0. The number of H-pyrrole nitrogens is 1. The van der Waals surface area contributed by atoms with Crippen LogP contribution in [-0.2, 0) is 11.8 Å². The van der Waals surface area contributed by atoms with Crippen LogP contribution in [0.3, 0.4) is 0 Å². The third-order valence-corrected chi connectivity index (χ3v) is 4.79. The average Bonchev–Trinajstić information content (AvgIpc) is 3.35. The summed E-state index contributed by atoms with van der Waals surface area (Å²) in [5, 5.41) is 14.9. The maximum Gasteiger partial charge on any atom is 0.258 e. The zero-order chi connectivity index (χ0) is 19.1. The van der Waals surface area contributed by atoms with E-state index in [9.17, 15) is 4.79 Å². The molecule has 1 fully saturated rings. The van der Waals surface area contributed by atoms with Crippen LogP contribution in [0.4, 0.5) is 5.95 Å². The minimum Gasteiger partial charge on any atom is -0.370 e. The van der Waals surface area contributed by atoms with Crippen molar-refractivity contribution in [2.75, 3.05) is 11.9 Å². The maximum atomic E-state index is 13.0. The molecule has 0 aromatic carbocycles. The highest BCUT2D eigenvalue weighted by Gasteiger charge is 2.23. The summed E-state index contributed by atoms with van der Waals surface area (Å²) in [7, 11) is 1.83. The van der Waals surface area contributed by atoms with Crippen LogP contribution in [0.1, 0.15) is 66.3 Å². The zero-order valence-electron chi connectivity index (χ0n) is 15.9. The Kier molecular flexibility index (Phi) is 4.39. The van der Waals surface area contributed by atoms with E-state index in [-0.39, 0.29) is 23.9 Å². The van der Waals surface area contributed by atoms with Crippen LogP contribution in [0.2, 0.25) is 0 Å². The molecule has 1 unspecified atom stereocenters. The number of rotatable bonds is 4. The van der Waals surface area contributed by atoms with E-state index in [0.29, 0.717) is 17.0 Å². The lowest BCUT2D eigenvalue weighted by Gasteiger charge is -2.09. The third kappa shape index (κ3) is 3.18. The summed E-state index contributed by atoms with van der Waals surface area (Å²) in [5.74, 6) is 0.787. The molecule has 0 bridgehead atoms. The van der Waals surface area contributed by atoms with Crippen LogP contribution in [0.25, 0.3) is 11.0 Å². The number of hydrogen-bond acceptors (Lipinski definition) is 6. The number of aromatic nitrogens is 6. The van der Waals surface area contributed by atoms with Gasteiger partial charge in [-0.2, -0.15) is 10.1 Å². The van der Waals surface area contributed by atoms with Crippen molar-refractivity contribution >= 4 is 22.9 Å². The first-order valence-electron chi connectivity index (χ1n) is 9.13. The lowest BCUT2D eigenvalue weighted by molar-refractivity contribution is 0.102. The van der Waals surface area contributed by atoms with E-state index in [1.807, 2.05) is 33.9 Å². The van der Waals surface area contributed by atoms with Crippen molar-refractivity contribution in [3.8, 4) is 0 Å². The Labute approximate surface area is 156 Å². The summed E-state index contributed by atoms with van der Waals surface area (Å²) in [6.45, 7) is 6.68. The number of carbonyl (C=O) groups is 1. The number of nitrogens with zero attached hydrogens (tertiary/aromatic N) is 5. The molecule has 27 heavy (non-hydrogen) atoms. The Morgan fingerprint density at radius 3 is 2.93 bits per heavy atom. The summed E-state index contributed by atoms with van der Waals surface area (Å²) < 4.78 is 7.30. The standard InChI is InChI=1S/C18H23N7O2/c1-9(2)12-8-11(14-10(3)24-25(4)16(14)19-12)17(26)21-18-20-15(22-23-18)13-6-5-7-27-13/h8-9,13H,5-7H2,1-4H3,(H2,20,21,22,23,26). The number of nitrogens with one attached hydrogen (secondary N) is 2. The summed E-state index contributed by atoms with van der Waals surface area (Å²) in [6, 6.07) is 1.82. The molecule has 1 atom stereocenters. The van der Waals surface area contributed by atoms with Gasteiger partial charge in [0.1, 0.15) is 6.10 Å². The topological polar surface area (TPSA) is 111 Å². The van der Waals surface area contributed by atoms with E-state index in [1.54, 1.807) is 4.68 Å². The molecule has 1 aliphatic rings. The molecule has 0 saturated carbocycles. The largest absolute Gasteiger partial charge is 0.370 e. The van der Waals surface area contributed by atoms with Crippen molar-refractivity contribution in [2.45, 2.75) is 45.6 Å². The van der Waals surface area contributed by atoms with Crippen molar-refractivity contribution in [1.82, 2.24) is 29.9 Å². The fraction of sp³-hybridized carbons (Fsp3) is 0.500. The molecule has 1 aliphatic heterocycles. The van der Waals surface area contributed by atoms with Crippen LogP contribution < -0.4 is 5.32 Å². The molecule has 9 heteroatoms. The van der Waals surface area contributed by atoms with E-state index in [4.69, 9.17) is 4.74 Å². The first-order valence-corrected chi connectivity index (χ1v) is 9.13. The molecule has 0 spiro atoms. The molecule has 3 aromatic rings. The molecule has 1 saturated heterocycles. The Balaban J connectivity index is 1.68. The van der Waals surface area contributed by atoms with Gasteiger partial charge in [-0.1, -0.05) is 13.8 Å². The Hall–Kier alpha value is -2.81. The second-order valence-electron chi connectivity index (χ2n) is 7.16. The van der Waals surface area contributed by atoms with Gasteiger partial charge >= 0.3 is 0 Å². The highest BCUT2D eigenvalue weighted by molar-refractivity contribution is 6.12. The van der Waals surface area contributed by atoms with Crippen LogP contribution in [0, 0.1) is 6.92 Å². The average molecular weight is 369 g/mol. The van der Waals surface area contributed by atoms with Gasteiger partial charge in [0.05, 0.1) is 16.6 Å². The molecule has 2 N–H and O–H groups in total. The third-order valence-electron chi connectivity index (χ3n) is 4.79. The molecule has 3 aromatic heterocycles. The van der Waals surface area contributed by atoms with Crippen molar-refractivity contribution in [2.24, 2.45) is 7.05 Å². The van der Waals surface area contributed by atoms with E-state index in [1.165, 1.54) is 0 Å². The van der Waals surface area contributed by atoms with E-state index >= 15 is 0 Å². The van der Waals surface area contributed by atoms with Gasteiger partial charge in [-0.25, -0.2) is 4.98 Å². The highest BCUT2D eigenvalue weighted by atomic mass is 16.5. The monoisotopic (exact) mass is 369 g/mol. The van der Waals surface area contributed by atoms with Crippen LogP contribution in [0.5, 0.6) is 0 Å². The van der Waals surface area contributed by atoms with E-state index in [2.05, 4.69) is 30.6 Å². The summed E-state index contributed by atoms with van der Waals surface area (Å²) in [5.41, 5.74) is 2.82. The first-order chi connectivity index (χ1) is 12.9. The molecule has 0 aliphatic carbocycles. The number of anilines is 1. The van der Waals surface area contributed by atoms with Gasteiger partial charge in [-0.15, -0.1) is 5.10 Å². The number of hydrogen-bond donors (Lipinski definition) is 2. The molecule has 0 radical (unpaired) electrons. The highest BCUT2D eigenvalue weighted by Crippen LogP contribution is 2.27. The smallest absolute Gasteiger partial charge is 0.258 e. The van der Waals surface area contributed by atoms with Gasteiger partial charge in [0.2, 0.25) is 5.95 Å². The Morgan fingerprint density at radius 1 is 1.41 bits per heavy atom. The predicted molar refractivity (Wildman–Crippen MR) is 99.6 cm³/mol. The number of pyridine rings is 1. The molecule has 4 heterocycles. The second kappa shape index (κ2) is 6.73. The van der Waals surface area contributed by atoms with Crippen molar-refractivity contribution in [3.05, 3.63) is 28.8 Å². The van der Waals surface area contributed by atoms with Crippen LogP contribution >= 0.6 is 0 Å². The van der Waals surface area contributed by atoms with Crippen LogP contribution in [0.15, 0.2) is 6.07 Å². The van der Waals surface area contributed by atoms with Gasteiger partial charge in [-0.05, 0) is 31.7 Å². The van der Waals surface area contributed by atoms with Gasteiger partial charge in [-0.3, -0.25) is 19.9 Å². The number of aromatic amines is 1.